The number of carbonyl (C=O) groups is 1. The lowest BCUT2D eigenvalue weighted by Crippen LogP contribution is -2.16. The van der Waals surface area contributed by atoms with Gasteiger partial charge in [0.05, 0.1) is 0 Å². The number of alkyl halides is 1. The van der Waals surface area contributed by atoms with Gasteiger partial charge in [-0.2, -0.15) is 11.3 Å². The lowest BCUT2D eigenvalue weighted by atomic mass is 10.0. The average molecular weight is 387 g/mol. The average Bonchev–Trinajstić information content (AvgIpc) is 3.15. The smallest absolute Gasteiger partial charge is 0.325 e. The van der Waals surface area contributed by atoms with Crippen molar-refractivity contribution in [3.05, 3.63) is 94.2 Å². The molecule has 0 saturated heterocycles. The van der Waals surface area contributed by atoms with Gasteiger partial charge in [-0.05, 0) is 33.5 Å². The quantitative estimate of drug-likeness (QED) is 0.426. The first-order valence-corrected chi connectivity index (χ1v) is 9.08. The molecule has 2 aromatic carbocycles. The first kappa shape index (κ1) is 16.0. The molecule has 0 saturated carbocycles. The third kappa shape index (κ3) is 3.89. The maximum atomic E-state index is 12.5. The largest absolute Gasteiger partial charge is 0.451 e. The SMILES string of the molecule is O=C(OC(c1ccccc1)c1ccccc1)C(Br)c1ccsc1. The van der Waals surface area contributed by atoms with Gasteiger partial charge in [-0.25, -0.2) is 0 Å². The number of ether oxygens (including phenoxy) is 1. The van der Waals surface area contributed by atoms with Crippen LogP contribution in [0.2, 0.25) is 0 Å². The number of hydrogen-bond donors (Lipinski definition) is 0. The predicted octanol–water partition coefficient (Wildman–Crippen LogP) is 5.52. The van der Waals surface area contributed by atoms with E-state index in [0.29, 0.717) is 0 Å². The number of halogens is 1. The minimum absolute atomic E-state index is 0.291. The summed E-state index contributed by atoms with van der Waals surface area (Å²) in [7, 11) is 0. The molecular weight excluding hydrogens is 372 g/mol. The fourth-order valence-electron chi connectivity index (χ4n) is 2.32. The van der Waals surface area contributed by atoms with Gasteiger partial charge in [0.2, 0.25) is 0 Å². The van der Waals surface area contributed by atoms with Gasteiger partial charge in [0.1, 0.15) is 4.83 Å². The van der Waals surface area contributed by atoms with Crippen LogP contribution in [-0.4, -0.2) is 5.97 Å². The third-order valence-electron chi connectivity index (χ3n) is 3.48. The summed E-state index contributed by atoms with van der Waals surface area (Å²) in [5.74, 6) is -0.291. The van der Waals surface area contributed by atoms with Crippen molar-refractivity contribution < 1.29 is 9.53 Å². The van der Waals surface area contributed by atoms with E-state index in [-0.39, 0.29) is 5.97 Å². The molecule has 1 heterocycles. The zero-order valence-electron chi connectivity index (χ0n) is 12.3. The standard InChI is InChI=1S/C19H15BrO2S/c20-17(16-11-12-23-13-16)19(21)22-18(14-7-3-1-4-8-14)15-9-5-2-6-10-15/h1-13,17-18H. The molecule has 1 atom stereocenters. The molecule has 2 nitrogen and oxygen atoms in total. The van der Waals surface area contributed by atoms with Crippen LogP contribution in [0.15, 0.2) is 77.5 Å². The molecule has 1 aromatic heterocycles. The van der Waals surface area contributed by atoms with Crippen molar-refractivity contribution in [3.63, 3.8) is 0 Å². The highest BCUT2D eigenvalue weighted by atomic mass is 79.9. The predicted molar refractivity (Wildman–Crippen MR) is 96.8 cm³/mol. The summed E-state index contributed by atoms with van der Waals surface area (Å²) in [6.07, 6.45) is -0.413. The molecule has 0 N–H and O–H groups in total. The Bertz CT molecular complexity index is 702. The monoisotopic (exact) mass is 386 g/mol. The Labute approximate surface area is 147 Å². The fraction of sp³-hybridized carbons (Fsp3) is 0.105. The lowest BCUT2D eigenvalue weighted by molar-refractivity contribution is -0.146. The molecule has 4 heteroatoms. The molecule has 0 spiro atoms. The molecule has 3 rings (SSSR count). The Hall–Kier alpha value is -1.91. The van der Waals surface area contributed by atoms with E-state index < -0.39 is 10.9 Å². The van der Waals surface area contributed by atoms with Crippen molar-refractivity contribution in [1.82, 2.24) is 0 Å². The summed E-state index contributed by atoms with van der Waals surface area (Å²) in [5, 5.41) is 3.89. The maximum absolute atomic E-state index is 12.5. The van der Waals surface area contributed by atoms with Crippen molar-refractivity contribution in [2.45, 2.75) is 10.9 Å². The topological polar surface area (TPSA) is 26.3 Å². The molecule has 0 amide bonds. The molecule has 0 fully saturated rings. The summed E-state index contributed by atoms with van der Waals surface area (Å²) in [6, 6.07) is 21.5. The summed E-state index contributed by atoms with van der Waals surface area (Å²) in [6.45, 7) is 0. The second-order valence-corrected chi connectivity index (χ2v) is 6.75. The van der Waals surface area contributed by atoms with Gasteiger partial charge in [-0.3, -0.25) is 4.79 Å². The van der Waals surface area contributed by atoms with E-state index in [9.17, 15) is 4.79 Å². The van der Waals surface area contributed by atoms with E-state index in [0.717, 1.165) is 16.7 Å². The summed E-state index contributed by atoms with van der Waals surface area (Å²) >= 11 is 5.00. The van der Waals surface area contributed by atoms with Gasteiger partial charge < -0.3 is 4.74 Å². The van der Waals surface area contributed by atoms with Crippen LogP contribution in [-0.2, 0) is 9.53 Å². The molecule has 0 aliphatic rings. The second-order valence-electron chi connectivity index (χ2n) is 5.06. The van der Waals surface area contributed by atoms with E-state index >= 15 is 0 Å². The second kappa shape index (κ2) is 7.57. The van der Waals surface area contributed by atoms with Crippen LogP contribution in [0.25, 0.3) is 0 Å². The van der Waals surface area contributed by atoms with Gasteiger partial charge in [0.25, 0.3) is 0 Å². The van der Waals surface area contributed by atoms with E-state index in [1.807, 2.05) is 77.5 Å². The van der Waals surface area contributed by atoms with Crippen molar-refractivity contribution in [1.29, 1.82) is 0 Å². The summed E-state index contributed by atoms with van der Waals surface area (Å²) < 4.78 is 5.83. The highest BCUT2D eigenvalue weighted by molar-refractivity contribution is 9.09. The first-order chi connectivity index (χ1) is 11.3. The van der Waals surface area contributed by atoms with Gasteiger partial charge in [-0.15, -0.1) is 0 Å². The minimum Gasteiger partial charge on any atom is -0.451 e. The molecule has 116 valence electrons. The number of hydrogen-bond acceptors (Lipinski definition) is 3. The van der Waals surface area contributed by atoms with Gasteiger partial charge >= 0.3 is 5.97 Å². The normalized spacial score (nSPS) is 12.1. The number of benzene rings is 2. The molecule has 0 radical (unpaired) electrons. The van der Waals surface area contributed by atoms with E-state index in [2.05, 4.69) is 15.9 Å². The van der Waals surface area contributed by atoms with Crippen LogP contribution >= 0.6 is 27.3 Å². The van der Waals surface area contributed by atoms with Crippen LogP contribution in [0.4, 0.5) is 0 Å². The fourth-order valence-corrected chi connectivity index (χ4v) is 3.57. The number of rotatable bonds is 5. The molecule has 0 aliphatic heterocycles. The first-order valence-electron chi connectivity index (χ1n) is 7.22. The molecule has 0 bridgehead atoms. The maximum Gasteiger partial charge on any atom is 0.325 e. The van der Waals surface area contributed by atoms with Gasteiger partial charge in [-0.1, -0.05) is 76.6 Å². The molecular formula is C19H15BrO2S. The van der Waals surface area contributed by atoms with Crippen molar-refractivity contribution in [2.24, 2.45) is 0 Å². The molecule has 0 aliphatic carbocycles. The van der Waals surface area contributed by atoms with E-state index in [1.165, 1.54) is 0 Å². The molecule has 3 aromatic rings. The summed E-state index contributed by atoms with van der Waals surface area (Å²) in [4.78, 5) is 12.1. The van der Waals surface area contributed by atoms with Crippen LogP contribution in [0.5, 0.6) is 0 Å². The number of thiophene rings is 1. The minimum atomic E-state index is -0.455. The number of carbonyl (C=O) groups excluding carboxylic acids is 1. The third-order valence-corrected chi connectivity index (χ3v) is 5.09. The van der Waals surface area contributed by atoms with Crippen molar-refractivity contribution in [3.8, 4) is 0 Å². The van der Waals surface area contributed by atoms with Gasteiger partial charge in [0.15, 0.2) is 6.10 Å². The van der Waals surface area contributed by atoms with Crippen LogP contribution in [0, 0.1) is 0 Å². The molecule has 23 heavy (non-hydrogen) atoms. The van der Waals surface area contributed by atoms with Crippen molar-refractivity contribution >= 4 is 33.2 Å². The van der Waals surface area contributed by atoms with E-state index in [1.54, 1.807) is 11.3 Å². The Morgan fingerprint density at radius 3 is 1.91 bits per heavy atom. The van der Waals surface area contributed by atoms with E-state index in [4.69, 9.17) is 4.74 Å². The highest BCUT2D eigenvalue weighted by Crippen LogP contribution is 2.32. The van der Waals surface area contributed by atoms with Crippen LogP contribution < -0.4 is 0 Å². The lowest BCUT2D eigenvalue weighted by Gasteiger charge is -2.20. The molecule has 1 unspecified atom stereocenters. The van der Waals surface area contributed by atoms with Crippen LogP contribution in [0.1, 0.15) is 27.6 Å². The zero-order valence-corrected chi connectivity index (χ0v) is 14.7. The number of esters is 1. The van der Waals surface area contributed by atoms with Gasteiger partial charge in [0, 0.05) is 0 Å². The van der Waals surface area contributed by atoms with Crippen molar-refractivity contribution in [2.75, 3.05) is 0 Å². The highest BCUT2D eigenvalue weighted by Gasteiger charge is 2.25. The Morgan fingerprint density at radius 1 is 0.870 bits per heavy atom. The summed E-state index contributed by atoms with van der Waals surface area (Å²) in [5.41, 5.74) is 2.83. The Balaban J connectivity index is 1.86. The zero-order chi connectivity index (χ0) is 16.1. The Kier molecular flexibility index (Phi) is 5.26. The van der Waals surface area contributed by atoms with Crippen LogP contribution in [0.3, 0.4) is 0 Å². The Morgan fingerprint density at radius 2 is 1.43 bits per heavy atom.